The average Bonchev–Trinajstić information content (AvgIpc) is 2.41. The molecule has 0 radical (unpaired) electrons. The molecule has 0 spiro atoms. The first-order valence-electron chi connectivity index (χ1n) is 5.38. The van der Waals surface area contributed by atoms with Crippen LogP contribution < -0.4 is 4.74 Å². The summed E-state index contributed by atoms with van der Waals surface area (Å²) in [6, 6.07) is 7.51. The van der Waals surface area contributed by atoms with E-state index >= 15 is 0 Å². The molecule has 0 aliphatic carbocycles. The molecule has 0 aromatic heterocycles. The first kappa shape index (κ1) is 14.1. The highest BCUT2D eigenvalue weighted by Gasteiger charge is 2.17. The number of carbonyl (C=O) groups is 1. The van der Waals surface area contributed by atoms with Crippen molar-refractivity contribution in [2.45, 2.75) is 0 Å². The van der Waals surface area contributed by atoms with Gasteiger partial charge in [0.1, 0.15) is 11.6 Å². The van der Waals surface area contributed by atoms with Crippen molar-refractivity contribution in [1.29, 1.82) is 0 Å². The molecule has 0 atom stereocenters. The van der Waals surface area contributed by atoms with Crippen LogP contribution in [0.2, 0.25) is 0 Å². The lowest BCUT2D eigenvalue weighted by atomic mass is 10.2. The molecule has 0 saturated heterocycles. The zero-order chi connectivity index (χ0) is 14.7. The molecule has 2 aromatic carbocycles. The van der Waals surface area contributed by atoms with Crippen molar-refractivity contribution in [3.05, 3.63) is 62.4 Å². The highest BCUT2D eigenvalue weighted by Crippen LogP contribution is 2.33. The molecule has 0 aliphatic rings. The van der Waals surface area contributed by atoms with E-state index in [1.165, 1.54) is 24.3 Å². The van der Waals surface area contributed by atoms with Crippen LogP contribution in [0.3, 0.4) is 0 Å². The first-order valence-corrected chi connectivity index (χ1v) is 6.17. The highest BCUT2D eigenvalue weighted by atomic mass is 79.9. The van der Waals surface area contributed by atoms with Gasteiger partial charge in [-0.15, -0.1) is 0 Å². The van der Waals surface area contributed by atoms with Gasteiger partial charge < -0.3 is 4.74 Å². The van der Waals surface area contributed by atoms with Crippen molar-refractivity contribution in [2.75, 3.05) is 0 Å². The Bertz CT molecular complexity index is 690. The van der Waals surface area contributed by atoms with Crippen molar-refractivity contribution in [1.82, 2.24) is 0 Å². The van der Waals surface area contributed by atoms with E-state index < -0.39 is 16.4 Å². The van der Waals surface area contributed by atoms with Crippen LogP contribution >= 0.6 is 15.9 Å². The van der Waals surface area contributed by atoms with Crippen LogP contribution in [0.4, 0.5) is 10.1 Å². The van der Waals surface area contributed by atoms with E-state index in [0.717, 1.165) is 12.1 Å². The van der Waals surface area contributed by atoms with Gasteiger partial charge in [0.05, 0.1) is 11.0 Å². The van der Waals surface area contributed by atoms with E-state index in [0.29, 0.717) is 16.3 Å². The number of rotatable bonds is 4. The number of hydrogen-bond acceptors (Lipinski definition) is 4. The maximum Gasteiger partial charge on any atom is 0.314 e. The van der Waals surface area contributed by atoms with Gasteiger partial charge in [-0.05, 0) is 46.3 Å². The Labute approximate surface area is 121 Å². The van der Waals surface area contributed by atoms with Gasteiger partial charge in [-0.1, -0.05) is 0 Å². The lowest BCUT2D eigenvalue weighted by Crippen LogP contribution is -1.95. The summed E-state index contributed by atoms with van der Waals surface area (Å²) in [4.78, 5) is 20.8. The number of benzene rings is 2. The highest BCUT2D eigenvalue weighted by molar-refractivity contribution is 9.10. The quantitative estimate of drug-likeness (QED) is 0.477. The largest absolute Gasteiger partial charge is 0.450 e. The van der Waals surface area contributed by atoms with Gasteiger partial charge in [0.15, 0.2) is 6.29 Å². The number of nitro groups is 1. The van der Waals surface area contributed by atoms with E-state index in [4.69, 9.17) is 4.74 Å². The number of nitro benzene ring substituents is 1. The minimum atomic E-state index is -0.729. The Morgan fingerprint density at radius 2 is 2.00 bits per heavy atom. The smallest absolute Gasteiger partial charge is 0.314 e. The molecule has 102 valence electrons. The second-order valence-electron chi connectivity index (χ2n) is 3.77. The molecule has 0 fully saturated rings. The molecular weight excluding hydrogens is 333 g/mol. The molecule has 0 N–H and O–H groups in total. The third-order valence-corrected chi connectivity index (χ3v) is 3.13. The van der Waals surface area contributed by atoms with Gasteiger partial charge in [-0.25, -0.2) is 4.39 Å². The van der Waals surface area contributed by atoms with Crippen molar-refractivity contribution < 1.29 is 18.8 Å². The fourth-order valence-corrected chi connectivity index (χ4v) is 1.96. The monoisotopic (exact) mass is 339 g/mol. The van der Waals surface area contributed by atoms with E-state index in [1.54, 1.807) is 0 Å². The molecular formula is C13H7BrFNO4. The van der Waals surface area contributed by atoms with E-state index in [1.807, 2.05) is 0 Å². The van der Waals surface area contributed by atoms with Crippen LogP contribution in [0, 0.1) is 15.9 Å². The summed E-state index contributed by atoms with van der Waals surface area (Å²) in [6.45, 7) is 0. The SMILES string of the molecule is O=Cc1ccc(Oc2ccc(F)cc2[N+](=O)[O-])cc1Br. The number of carbonyl (C=O) groups excluding carboxylic acids is 1. The second kappa shape index (κ2) is 5.79. The van der Waals surface area contributed by atoms with Gasteiger partial charge in [0, 0.05) is 10.0 Å². The second-order valence-corrected chi connectivity index (χ2v) is 4.63. The Hall–Kier alpha value is -2.28. The van der Waals surface area contributed by atoms with Crippen LogP contribution in [0.25, 0.3) is 0 Å². The predicted octanol–water partition coefficient (Wildman–Crippen LogP) is 4.10. The first-order chi connectivity index (χ1) is 9.51. The molecule has 20 heavy (non-hydrogen) atoms. The molecule has 5 nitrogen and oxygen atoms in total. The molecule has 2 rings (SSSR count). The summed E-state index contributed by atoms with van der Waals surface area (Å²) >= 11 is 3.17. The summed E-state index contributed by atoms with van der Waals surface area (Å²) in [5.41, 5.74) is -0.0495. The molecule has 0 saturated carbocycles. The van der Waals surface area contributed by atoms with Crippen molar-refractivity contribution in [3.8, 4) is 11.5 Å². The zero-order valence-electron chi connectivity index (χ0n) is 9.88. The maximum absolute atomic E-state index is 13.0. The van der Waals surface area contributed by atoms with Gasteiger partial charge in [-0.3, -0.25) is 14.9 Å². The van der Waals surface area contributed by atoms with Crippen LogP contribution in [-0.4, -0.2) is 11.2 Å². The minimum absolute atomic E-state index is 0.0813. The van der Waals surface area contributed by atoms with Crippen molar-refractivity contribution in [3.63, 3.8) is 0 Å². The number of halogens is 2. The summed E-state index contributed by atoms with van der Waals surface area (Å²) in [5.74, 6) is -0.513. The van der Waals surface area contributed by atoms with Gasteiger partial charge in [0.25, 0.3) is 0 Å². The van der Waals surface area contributed by atoms with Gasteiger partial charge in [0.2, 0.25) is 5.75 Å². The Morgan fingerprint density at radius 3 is 2.60 bits per heavy atom. The van der Waals surface area contributed by atoms with E-state index in [-0.39, 0.29) is 11.5 Å². The summed E-state index contributed by atoms with van der Waals surface area (Å²) in [6.07, 6.45) is 0.661. The fourth-order valence-electron chi connectivity index (χ4n) is 1.51. The summed E-state index contributed by atoms with van der Waals surface area (Å²) in [5, 5.41) is 10.8. The Balaban J connectivity index is 2.37. The molecule has 0 bridgehead atoms. The number of hydrogen-bond donors (Lipinski definition) is 0. The number of nitrogens with zero attached hydrogens (tertiary/aromatic N) is 1. The van der Waals surface area contributed by atoms with Crippen LogP contribution in [-0.2, 0) is 0 Å². The number of ether oxygens (including phenoxy) is 1. The van der Waals surface area contributed by atoms with Crippen molar-refractivity contribution in [2.24, 2.45) is 0 Å². The van der Waals surface area contributed by atoms with Crippen LogP contribution in [0.5, 0.6) is 11.5 Å². The lowest BCUT2D eigenvalue weighted by molar-refractivity contribution is -0.385. The lowest BCUT2D eigenvalue weighted by Gasteiger charge is -2.07. The topological polar surface area (TPSA) is 69.4 Å². The van der Waals surface area contributed by atoms with Crippen LogP contribution in [0.15, 0.2) is 40.9 Å². The molecule has 0 aliphatic heterocycles. The minimum Gasteiger partial charge on any atom is -0.450 e. The normalized spacial score (nSPS) is 10.1. The Kier molecular flexibility index (Phi) is 4.09. The third kappa shape index (κ3) is 3.00. The van der Waals surface area contributed by atoms with E-state index in [2.05, 4.69) is 15.9 Å². The molecule has 0 unspecified atom stereocenters. The van der Waals surface area contributed by atoms with Gasteiger partial charge in [-0.2, -0.15) is 0 Å². The average molecular weight is 340 g/mol. The van der Waals surface area contributed by atoms with Gasteiger partial charge >= 0.3 is 5.69 Å². The fraction of sp³-hybridized carbons (Fsp3) is 0. The van der Waals surface area contributed by atoms with Crippen LogP contribution in [0.1, 0.15) is 10.4 Å². The van der Waals surface area contributed by atoms with E-state index in [9.17, 15) is 19.3 Å². The standard InChI is InChI=1S/C13H7BrFNO4/c14-11-6-10(3-1-8(11)7-17)20-13-4-2-9(15)5-12(13)16(18)19/h1-7H. The molecule has 2 aromatic rings. The predicted molar refractivity (Wildman–Crippen MR) is 72.7 cm³/mol. The Morgan fingerprint density at radius 1 is 1.25 bits per heavy atom. The maximum atomic E-state index is 13.0. The third-order valence-electron chi connectivity index (χ3n) is 2.44. The molecule has 0 amide bonds. The summed E-state index contributed by atoms with van der Waals surface area (Å²) in [7, 11) is 0. The van der Waals surface area contributed by atoms with Crippen molar-refractivity contribution >= 4 is 27.9 Å². The zero-order valence-corrected chi connectivity index (χ0v) is 11.5. The molecule has 7 heteroatoms. The summed E-state index contributed by atoms with van der Waals surface area (Å²) < 4.78 is 18.8. The molecule has 0 heterocycles. The number of aldehydes is 1.